The molecule has 74 valence electrons. The second-order valence-electron chi connectivity index (χ2n) is 3.58. The molecule has 0 heterocycles. The summed E-state index contributed by atoms with van der Waals surface area (Å²) in [6, 6.07) is 0. The van der Waals surface area contributed by atoms with Crippen molar-refractivity contribution in [3.63, 3.8) is 0 Å². The number of nitrogens with one attached hydrogen (secondary N) is 1. The highest BCUT2D eigenvalue weighted by Crippen LogP contribution is 2.35. The van der Waals surface area contributed by atoms with Crippen LogP contribution >= 0.6 is 0 Å². The number of hydrogen-bond acceptors (Lipinski definition) is 3. The third-order valence-electron chi connectivity index (χ3n) is 2.41. The predicted octanol–water partition coefficient (Wildman–Crippen LogP) is 1.31. The summed E-state index contributed by atoms with van der Waals surface area (Å²) in [6.45, 7) is 3.18. The van der Waals surface area contributed by atoms with E-state index >= 15 is 0 Å². The number of hydrogen-bond donors (Lipinski definition) is 1. The van der Waals surface area contributed by atoms with E-state index in [9.17, 15) is 4.79 Å². The van der Waals surface area contributed by atoms with Gasteiger partial charge in [0.15, 0.2) is 0 Å². The van der Waals surface area contributed by atoms with Gasteiger partial charge in [-0.3, -0.25) is 0 Å². The van der Waals surface area contributed by atoms with Crippen molar-refractivity contribution in [1.82, 2.24) is 5.32 Å². The topological polar surface area (TPSA) is 38.3 Å². The Bertz CT molecular complexity index is 197. The highest BCUT2D eigenvalue weighted by Gasteiger charge is 2.27. The number of esters is 1. The molecule has 1 N–H and O–H groups in total. The molecule has 1 unspecified atom stereocenters. The third-order valence-corrected chi connectivity index (χ3v) is 2.41. The average molecular weight is 183 g/mol. The highest BCUT2D eigenvalue weighted by atomic mass is 16.5. The molecule has 3 heteroatoms. The van der Waals surface area contributed by atoms with Gasteiger partial charge in [0.25, 0.3) is 0 Å². The summed E-state index contributed by atoms with van der Waals surface area (Å²) in [5, 5.41) is 3.09. The van der Waals surface area contributed by atoms with Gasteiger partial charge in [-0.2, -0.15) is 0 Å². The lowest BCUT2D eigenvalue weighted by atomic mass is 10.1. The molecule has 0 amide bonds. The lowest BCUT2D eigenvalue weighted by Crippen LogP contribution is -2.17. The maximum absolute atomic E-state index is 10.7. The monoisotopic (exact) mass is 183 g/mol. The number of rotatable bonds is 5. The normalized spacial score (nSPS) is 18.6. The quantitative estimate of drug-likeness (QED) is 0.516. The zero-order valence-corrected chi connectivity index (χ0v) is 8.25. The Labute approximate surface area is 79.2 Å². The molecule has 3 nitrogen and oxygen atoms in total. The van der Waals surface area contributed by atoms with Crippen LogP contribution in [0.4, 0.5) is 0 Å². The van der Waals surface area contributed by atoms with E-state index in [-0.39, 0.29) is 5.97 Å². The molecule has 0 spiro atoms. The summed E-state index contributed by atoms with van der Waals surface area (Å²) < 4.78 is 4.45. The maximum atomic E-state index is 10.7. The summed E-state index contributed by atoms with van der Waals surface area (Å²) in [5.74, 6) is 1.30. The Balaban J connectivity index is 2.05. The van der Waals surface area contributed by atoms with Crippen LogP contribution in [0.2, 0.25) is 0 Å². The van der Waals surface area contributed by atoms with Crippen LogP contribution in [0.5, 0.6) is 0 Å². The molecule has 1 atom stereocenters. The van der Waals surface area contributed by atoms with Crippen molar-refractivity contribution in [3.8, 4) is 0 Å². The van der Waals surface area contributed by atoms with E-state index in [1.807, 2.05) is 0 Å². The van der Waals surface area contributed by atoms with E-state index < -0.39 is 0 Å². The SMILES string of the molecule is COC(=O)/C=C/NCC(C)C1CC1. The van der Waals surface area contributed by atoms with E-state index in [2.05, 4.69) is 17.0 Å². The number of carbonyl (C=O) groups is 1. The van der Waals surface area contributed by atoms with Gasteiger partial charge in [-0.05, 0) is 24.7 Å². The molecule has 0 radical (unpaired) electrons. The lowest BCUT2D eigenvalue weighted by molar-refractivity contribution is -0.134. The van der Waals surface area contributed by atoms with Crippen LogP contribution in [0.15, 0.2) is 12.3 Å². The van der Waals surface area contributed by atoms with Gasteiger partial charge in [0.1, 0.15) is 0 Å². The number of carbonyl (C=O) groups excluding carboxylic acids is 1. The number of ether oxygens (including phenoxy) is 1. The summed E-state index contributed by atoms with van der Waals surface area (Å²) in [6.07, 6.45) is 5.79. The first-order chi connectivity index (χ1) is 6.24. The first-order valence-electron chi connectivity index (χ1n) is 4.72. The minimum absolute atomic E-state index is 0.313. The molecule has 0 saturated heterocycles. The largest absolute Gasteiger partial charge is 0.466 e. The van der Waals surface area contributed by atoms with Gasteiger partial charge in [0.2, 0.25) is 0 Å². The molecular weight excluding hydrogens is 166 g/mol. The fourth-order valence-corrected chi connectivity index (χ4v) is 1.28. The summed E-state index contributed by atoms with van der Waals surface area (Å²) in [7, 11) is 1.37. The van der Waals surface area contributed by atoms with Crippen LogP contribution in [0.1, 0.15) is 19.8 Å². The standard InChI is InChI=1S/C10H17NO2/c1-8(9-3-4-9)7-11-6-5-10(12)13-2/h5-6,8-9,11H,3-4,7H2,1-2H3/b6-5+. The summed E-state index contributed by atoms with van der Waals surface area (Å²) in [4.78, 5) is 10.7. The Hall–Kier alpha value is -0.990. The molecule has 1 aliphatic carbocycles. The summed E-state index contributed by atoms with van der Waals surface area (Å²) in [5.41, 5.74) is 0. The smallest absolute Gasteiger partial charge is 0.331 e. The van der Waals surface area contributed by atoms with Crippen LogP contribution in [0.3, 0.4) is 0 Å². The van der Waals surface area contributed by atoms with Crippen LogP contribution in [-0.2, 0) is 9.53 Å². The first-order valence-corrected chi connectivity index (χ1v) is 4.72. The van der Waals surface area contributed by atoms with Gasteiger partial charge < -0.3 is 10.1 Å². The van der Waals surface area contributed by atoms with E-state index in [0.29, 0.717) is 5.92 Å². The van der Waals surface area contributed by atoms with Crippen LogP contribution in [0, 0.1) is 11.8 Å². The molecule has 0 aromatic rings. The van der Waals surface area contributed by atoms with Gasteiger partial charge >= 0.3 is 5.97 Å². The van der Waals surface area contributed by atoms with Crippen molar-refractivity contribution in [1.29, 1.82) is 0 Å². The Morgan fingerprint density at radius 2 is 2.38 bits per heavy atom. The van der Waals surface area contributed by atoms with Gasteiger partial charge in [-0.15, -0.1) is 0 Å². The van der Waals surface area contributed by atoms with Crippen molar-refractivity contribution in [3.05, 3.63) is 12.3 Å². The van der Waals surface area contributed by atoms with Gasteiger partial charge in [0.05, 0.1) is 7.11 Å². The minimum atomic E-state index is -0.313. The Morgan fingerprint density at radius 3 is 2.92 bits per heavy atom. The van der Waals surface area contributed by atoms with E-state index in [1.165, 1.54) is 26.0 Å². The Kier molecular flexibility index (Phi) is 3.80. The second-order valence-corrected chi connectivity index (χ2v) is 3.58. The molecule has 0 bridgehead atoms. The van der Waals surface area contributed by atoms with Crippen LogP contribution in [0.25, 0.3) is 0 Å². The molecule has 1 saturated carbocycles. The van der Waals surface area contributed by atoms with Gasteiger partial charge in [-0.1, -0.05) is 6.92 Å². The predicted molar refractivity (Wildman–Crippen MR) is 51.0 cm³/mol. The van der Waals surface area contributed by atoms with E-state index in [0.717, 1.165) is 12.5 Å². The van der Waals surface area contributed by atoms with Crippen LogP contribution in [-0.4, -0.2) is 19.6 Å². The highest BCUT2D eigenvalue weighted by molar-refractivity contribution is 5.81. The number of methoxy groups -OCH3 is 1. The van der Waals surface area contributed by atoms with Gasteiger partial charge in [0, 0.05) is 18.8 Å². The van der Waals surface area contributed by atoms with Crippen molar-refractivity contribution in [2.45, 2.75) is 19.8 Å². The molecule has 1 rings (SSSR count). The van der Waals surface area contributed by atoms with Gasteiger partial charge in [-0.25, -0.2) is 4.79 Å². The van der Waals surface area contributed by atoms with Crippen molar-refractivity contribution in [2.24, 2.45) is 11.8 Å². The zero-order chi connectivity index (χ0) is 9.68. The first kappa shape index (κ1) is 10.1. The maximum Gasteiger partial charge on any atom is 0.331 e. The Morgan fingerprint density at radius 1 is 1.69 bits per heavy atom. The molecule has 1 fully saturated rings. The minimum Gasteiger partial charge on any atom is -0.466 e. The third kappa shape index (κ3) is 3.97. The van der Waals surface area contributed by atoms with E-state index in [1.54, 1.807) is 6.20 Å². The molecule has 0 aromatic heterocycles. The lowest BCUT2D eigenvalue weighted by Gasteiger charge is -2.08. The second kappa shape index (κ2) is 4.90. The molecule has 1 aliphatic rings. The van der Waals surface area contributed by atoms with Crippen molar-refractivity contribution >= 4 is 5.97 Å². The average Bonchev–Trinajstić information content (AvgIpc) is 2.94. The zero-order valence-electron chi connectivity index (χ0n) is 8.25. The summed E-state index contributed by atoms with van der Waals surface area (Å²) >= 11 is 0. The van der Waals surface area contributed by atoms with E-state index in [4.69, 9.17) is 0 Å². The molecular formula is C10H17NO2. The molecule has 0 aromatic carbocycles. The van der Waals surface area contributed by atoms with Crippen LogP contribution < -0.4 is 5.32 Å². The van der Waals surface area contributed by atoms with Crippen molar-refractivity contribution < 1.29 is 9.53 Å². The van der Waals surface area contributed by atoms with Crippen molar-refractivity contribution in [2.75, 3.05) is 13.7 Å². The molecule has 13 heavy (non-hydrogen) atoms. The molecule has 0 aliphatic heterocycles. The fraction of sp³-hybridized carbons (Fsp3) is 0.700. The fourth-order valence-electron chi connectivity index (χ4n) is 1.28.